The van der Waals surface area contributed by atoms with Gasteiger partial charge in [0.15, 0.2) is 0 Å². The van der Waals surface area contributed by atoms with Crippen LogP contribution in [0.25, 0.3) is 11.3 Å². The van der Waals surface area contributed by atoms with E-state index in [0.29, 0.717) is 11.5 Å². The van der Waals surface area contributed by atoms with E-state index in [-0.39, 0.29) is 23.3 Å². The van der Waals surface area contributed by atoms with Crippen molar-refractivity contribution >= 4 is 23.3 Å². The Morgan fingerprint density at radius 3 is 2.72 bits per heavy atom. The first-order valence-corrected chi connectivity index (χ1v) is 10.1. The number of nitrogens with one attached hydrogen (secondary N) is 2. The van der Waals surface area contributed by atoms with E-state index in [2.05, 4.69) is 25.6 Å². The predicted molar refractivity (Wildman–Crippen MR) is 113 cm³/mol. The molecule has 3 aromatic rings. The molecule has 1 amide bonds. The van der Waals surface area contributed by atoms with Gasteiger partial charge in [-0.15, -0.1) is 0 Å². The van der Waals surface area contributed by atoms with Gasteiger partial charge >= 0.3 is 0 Å². The van der Waals surface area contributed by atoms with Crippen LogP contribution in [-0.2, 0) is 7.05 Å². The van der Waals surface area contributed by atoms with Gasteiger partial charge in [0.2, 0.25) is 5.28 Å². The van der Waals surface area contributed by atoms with Crippen molar-refractivity contribution in [3.05, 3.63) is 59.9 Å². The average Bonchev–Trinajstić information content (AvgIpc) is 3.15. The summed E-state index contributed by atoms with van der Waals surface area (Å²) in [5.74, 6) is 0.568. The molecule has 2 N–H and O–H groups in total. The maximum atomic E-state index is 12.4. The molecule has 2 heterocycles. The number of imidazole rings is 1. The fourth-order valence-electron chi connectivity index (χ4n) is 3.70. The van der Waals surface area contributed by atoms with Crippen LogP contribution in [0.5, 0.6) is 0 Å². The Morgan fingerprint density at radius 2 is 1.97 bits per heavy atom. The van der Waals surface area contributed by atoms with Crippen LogP contribution in [0.3, 0.4) is 0 Å². The number of aryl methyl sites for hydroxylation is 1. The van der Waals surface area contributed by atoms with E-state index in [1.807, 2.05) is 43.4 Å². The first-order valence-electron chi connectivity index (χ1n) is 9.72. The number of aromatic nitrogens is 4. The van der Waals surface area contributed by atoms with Crippen molar-refractivity contribution in [2.75, 3.05) is 5.32 Å². The Labute approximate surface area is 174 Å². The normalized spacial score (nSPS) is 19.0. The van der Waals surface area contributed by atoms with Gasteiger partial charge in [-0.3, -0.25) is 4.79 Å². The first-order chi connectivity index (χ1) is 14.1. The molecule has 4 rings (SSSR count). The molecule has 8 heteroatoms. The third-order valence-electron chi connectivity index (χ3n) is 5.07. The lowest BCUT2D eigenvalue weighted by molar-refractivity contribution is 0.0921. The van der Waals surface area contributed by atoms with Crippen molar-refractivity contribution in [2.45, 2.75) is 37.8 Å². The number of rotatable bonds is 5. The quantitative estimate of drug-likeness (QED) is 0.627. The average molecular weight is 411 g/mol. The van der Waals surface area contributed by atoms with Gasteiger partial charge in [-0.25, -0.2) is 15.0 Å². The predicted octanol–water partition coefficient (Wildman–Crippen LogP) is 3.68. The molecule has 0 aliphatic heterocycles. The Balaban J connectivity index is 1.42. The second-order valence-electron chi connectivity index (χ2n) is 7.38. The van der Waals surface area contributed by atoms with E-state index in [4.69, 9.17) is 11.6 Å². The summed E-state index contributed by atoms with van der Waals surface area (Å²) in [5, 5.41) is 6.78. The second-order valence-corrected chi connectivity index (χ2v) is 7.71. The SMILES string of the molecule is Cn1cnc(C(=O)N[C@H]2CCC[C@@H](Nc3cc(-c4ccccc4)nc(Cl)n3)C2)c1. The Kier molecular flexibility index (Phi) is 5.76. The maximum Gasteiger partial charge on any atom is 0.271 e. The van der Waals surface area contributed by atoms with Crippen LogP contribution < -0.4 is 10.6 Å². The molecule has 0 bridgehead atoms. The lowest BCUT2D eigenvalue weighted by Crippen LogP contribution is -2.42. The van der Waals surface area contributed by atoms with E-state index < -0.39 is 0 Å². The number of halogens is 1. The van der Waals surface area contributed by atoms with Gasteiger partial charge < -0.3 is 15.2 Å². The number of hydrogen-bond donors (Lipinski definition) is 2. The molecule has 150 valence electrons. The molecule has 1 fully saturated rings. The van der Waals surface area contributed by atoms with E-state index in [0.717, 1.165) is 36.9 Å². The Hall–Kier alpha value is -2.93. The van der Waals surface area contributed by atoms with Gasteiger partial charge in [0.1, 0.15) is 11.5 Å². The van der Waals surface area contributed by atoms with E-state index in [1.165, 1.54) is 0 Å². The third kappa shape index (κ3) is 4.92. The highest BCUT2D eigenvalue weighted by molar-refractivity contribution is 6.28. The number of anilines is 1. The number of hydrogen-bond acceptors (Lipinski definition) is 5. The summed E-state index contributed by atoms with van der Waals surface area (Å²) in [6.45, 7) is 0. The van der Waals surface area contributed by atoms with Crippen molar-refractivity contribution < 1.29 is 4.79 Å². The number of carbonyl (C=O) groups excluding carboxylic acids is 1. The molecule has 1 aromatic carbocycles. The van der Waals surface area contributed by atoms with E-state index >= 15 is 0 Å². The lowest BCUT2D eigenvalue weighted by atomic mass is 9.91. The van der Waals surface area contributed by atoms with Crippen LogP contribution in [0.1, 0.15) is 36.2 Å². The molecule has 2 atom stereocenters. The van der Waals surface area contributed by atoms with Crippen LogP contribution in [0.15, 0.2) is 48.9 Å². The third-order valence-corrected chi connectivity index (χ3v) is 5.24. The van der Waals surface area contributed by atoms with E-state index in [1.54, 1.807) is 17.1 Å². The Bertz CT molecular complexity index is 990. The minimum absolute atomic E-state index is 0.0988. The molecule has 1 saturated carbocycles. The minimum atomic E-state index is -0.132. The highest BCUT2D eigenvalue weighted by Gasteiger charge is 2.24. The van der Waals surface area contributed by atoms with Gasteiger partial charge in [0.05, 0.1) is 12.0 Å². The van der Waals surface area contributed by atoms with Crippen molar-refractivity contribution in [2.24, 2.45) is 7.05 Å². The zero-order valence-electron chi connectivity index (χ0n) is 16.2. The molecule has 0 saturated heterocycles. The summed E-state index contributed by atoms with van der Waals surface area (Å²) in [6, 6.07) is 12.1. The second kappa shape index (κ2) is 8.61. The molecular formula is C21H23ClN6O. The molecule has 1 aliphatic rings. The molecular weight excluding hydrogens is 388 g/mol. The zero-order valence-corrected chi connectivity index (χ0v) is 16.9. The molecule has 1 aliphatic carbocycles. The lowest BCUT2D eigenvalue weighted by Gasteiger charge is -2.30. The highest BCUT2D eigenvalue weighted by atomic mass is 35.5. The smallest absolute Gasteiger partial charge is 0.271 e. The fraction of sp³-hybridized carbons (Fsp3) is 0.333. The Morgan fingerprint density at radius 1 is 1.17 bits per heavy atom. The zero-order chi connectivity index (χ0) is 20.2. The largest absolute Gasteiger partial charge is 0.367 e. The molecule has 0 spiro atoms. The van der Waals surface area contributed by atoms with Crippen LogP contribution in [0, 0.1) is 0 Å². The summed E-state index contributed by atoms with van der Waals surface area (Å²) >= 11 is 6.16. The van der Waals surface area contributed by atoms with Crippen LogP contribution in [0.2, 0.25) is 5.28 Å². The van der Waals surface area contributed by atoms with E-state index in [9.17, 15) is 4.79 Å². The van der Waals surface area contributed by atoms with Crippen LogP contribution >= 0.6 is 11.6 Å². The van der Waals surface area contributed by atoms with Gasteiger partial charge in [0, 0.05) is 37.0 Å². The summed E-state index contributed by atoms with van der Waals surface area (Å²) in [7, 11) is 1.85. The summed E-state index contributed by atoms with van der Waals surface area (Å²) in [5.41, 5.74) is 2.21. The molecule has 0 unspecified atom stereocenters. The highest BCUT2D eigenvalue weighted by Crippen LogP contribution is 2.25. The number of nitrogens with zero attached hydrogens (tertiary/aromatic N) is 4. The van der Waals surface area contributed by atoms with Crippen molar-refractivity contribution in [3.8, 4) is 11.3 Å². The topological polar surface area (TPSA) is 84.7 Å². The molecule has 29 heavy (non-hydrogen) atoms. The maximum absolute atomic E-state index is 12.4. The first kappa shape index (κ1) is 19.4. The van der Waals surface area contributed by atoms with Crippen molar-refractivity contribution in [3.63, 3.8) is 0 Å². The number of benzene rings is 1. The van der Waals surface area contributed by atoms with Gasteiger partial charge in [-0.2, -0.15) is 0 Å². The van der Waals surface area contributed by atoms with Crippen molar-refractivity contribution in [1.29, 1.82) is 0 Å². The fourth-order valence-corrected chi connectivity index (χ4v) is 3.88. The van der Waals surface area contributed by atoms with Crippen LogP contribution in [0.4, 0.5) is 5.82 Å². The number of amides is 1. The molecule has 7 nitrogen and oxygen atoms in total. The summed E-state index contributed by atoms with van der Waals surface area (Å²) in [4.78, 5) is 25.2. The standard InChI is InChI=1S/C21H23ClN6O/c1-28-12-18(23-13-28)20(29)25-16-9-5-8-15(10-16)24-19-11-17(26-21(22)27-19)14-6-3-2-4-7-14/h2-4,6-7,11-13,15-16H,5,8-10H2,1H3,(H,25,29)(H,24,26,27)/t15-,16+/m1/s1. The summed E-state index contributed by atoms with van der Waals surface area (Å²) in [6.07, 6.45) is 7.16. The minimum Gasteiger partial charge on any atom is -0.367 e. The summed E-state index contributed by atoms with van der Waals surface area (Å²) < 4.78 is 1.77. The molecule has 0 radical (unpaired) electrons. The van der Waals surface area contributed by atoms with Gasteiger partial charge in [-0.05, 0) is 37.3 Å². The molecule has 2 aromatic heterocycles. The monoisotopic (exact) mass is 410 g/mol. The number of carbonyl (C=O) groups is 1. The van der Waals surface area contributed by atoms with Gasteiger partial charge in [0.25, 0.3) is 5.91 Å². The van der Waals surface area contributed by atoms with Crippen molar-refractivity contribution in [1.82, 2.24) is 24.8 Å². The van der Waals surface area contributed by atoms with Gasteiger partial charge in [-0.1, -0.05) is 30.3 Å². The van der Waals surface area contributed by atoms with Crippen LogP contribution in [-0.4, -0.2) is 37.5 Å².